The minimum Gasteiger partial charge on any atom is -0.339 e. The van der Waals surface area contributed by atoms with Crippen LogP contribution in [0.4, 0.5) is 0 Å². The maximum absolute atomic E-state index is 6.55. The lowest BCUT2D eigenvalue weighted by molar-refractivity contribution is 0.366. The van der Waals surface area contributed by atoms with E-state index >= 15 is 0 Å². The van der Waals surface area contributed by atoms with Gasteiger partial charge in [-0.25, -0.2) is 9.97 Å². The third kappa shape index (κ3) is 2.17. The first-order valence-electron chi connectivity index (χ1n) is 6.48. The van der Waals surface area contributed by atoms with Gasteiger partial charge < -0.3 is 10.7 Å². The monoisotopic (exact) mass is 308 g/mol. The van der Waals surface area contributed by atoms with Crippen molar-refractivity contribution in [3.05, 3.63) is 22.6 Å². The van der Waals surface area contributed by atoms with E-state index in [9.17, 15) is 0 Å². The molecule has 2 aromatic rings. The number of hydrogen-bond donors (Lipinski definition) is 2. The van der Waals surface area contributed by atoms with Gasteiger partial charge in [-0.1, -0.05) is 25.7 Å². The lowest BCUT2D eigenvalue weighted by atomic mass is 9.91. The number of nitrogens with zero attached hydrogens (tertiary/aromatic N) is 2. The predicted molar refractivity (Wildman–Crippen MR) is 75.2 cm³/mol. The molecule has 3 rings (SSSR count). The molecule has 1 aliphatic carbocycles. The van der Waals surface area contributed by atoms with E-state index in [1.54, 1.807) is 6.20 Å². The van der Waals surface area contributed by atoms with Crippen LogP contribution in [-0.4, -0.2) is 15.0 Å². The number of rotatable bonds is 1. The molecule has 0 unspecified atom stereocenters. The summed E-state index contributed by atoms with van der Waals surface area (Å²) in [6.45, 7) is 0. The normalized spacial score (nSPS) is 19.9. The summed E-state index contributed by atoms with van der Waals surface area (Å²) >= 11 is 3.42. The minimum atomic E-state index is -0.302. The number of hydrogen-bond acceptors (Lipinski definition) is 3. The summed E-state index contributed by atoms with van der Waals surface area (Å²) in [7, 11) is 0. The molecule has 0 amide bonds. The van der Waals surface area contributed by atoms with Gasteiger partial charge in [-0.2, -0.15) is 0 Å². The first-order valence-corrected chi connectivity index (χ1v) is 7.27. The maximum atomic E-state index is 6.55. The standard InChI is InChI=1S/C13H17BrN4/c14-9-7-10-11(16-8-9)18-12(17-10)13(15)5-3-1-2-4-6-13/h7-8H,1-6,15H2,(H,16,17,18). The van der Waals surface area contributed by atoms with Crippen LogP contribution in [0.15, 0.2) is 16.7 Å². The molecular weight excluding hydrogens is 292 g/mol. The highest BCUT2D eigenvalue weighted by atomic mass is 79.9. The zero-order chi connectivity index (χ0) is 12.6. The number of nitrogens with two attached hydrogens (primary N) is 1. The minimum absolute atomic E-state index is 0.302. The summed E-state index contributed by atoms with van der Waals surface area (Å²) in [5.74, 6) is 0.894. The Hall–Kier alpha value is -0.940. The summed E-state index contributed by atoms with van der Waals surface area (Å²) < 4.78 is 0.956. The van der Waals surface area contributed by atoms with E-state index < -0.39 is 0 Å². The van der Waals surface area contributed by atoms with Crippen molar-refractivity contribution in [2.75, 3.05) is 0 Å². The van der Waals surface area contributed by atoms with Crippen LogP contribution in [0.25, 0.3) is 11.2 Å². The lowest BCUT2D eigenvalue weighted by Crippen LogP contribution is -2.37. The maximum Gasteiger partial charge on any atom is 0.177 e. The zero-order valence-corrected chi connectivity index (χ0v) is 11.8. The molecule has 1 fully saturated rings. The van der Waals surface area contributed by atoms with Crippen LogP contribution in [0.2, 0.25) is 0 Å². The molecule has 0 atom stereocenters. The van der Waals surface area contributed by atoms with Gasteiger partial charge in [0.25, 0.3) is 0 Å². The fourth-order valence-corrected chi connectivity index (χ4v) is 3.04. The van der Waals surface area contributed by atoms with Crippen LogP contribution in [0, 0.1) is 0 Å². The van der Waals surface area contributed by atoms with E-state index in [1.165, 1.54) is 25.7 Å². The second-order valence-corrected chi connectivity index (χ2v) is 6.10. The molecule has 2 aromatic heterocycles. The topological polar surface area (TPSA) is 67.6 Å². The lowest BCUT2D eigenvalue weighted by Gasteiger charge is -2.25. The van der Waals surface area contributed by atoms with Gasteiger partial charge in [-0.3, -0.25) is 0 Å². The molecule has 18 heavy (non-hydrogen) atoms. The number of aromatic amines is 1. The van der Waals surface area contributed by atoms with Crippen molar-refractivity contribution in [3.63, 3.8) is 0 Å². The van der Waals surface area contributed by atoms with Crippen LogP contribution >= 0.6 is 15.9 Å². The average molecular weight is 309 g/mol. The van der Waals surface area contributed by atoms with Gasteiger partial charge in [0.2, 0.25) is 0 Å². The molecule has 0 saturated heterocycles. The Morgan fingerprint density at radius 1 is 1.22 bits per heavy atom. The molecule has 0 radical (unpaired) electrons. The second-order valence-electron chi connectivity index (χ2n) is 5.18. The number of halogens is 1. The van der Waals surface area contributed by atoms with E-state index in [0.29, 0.717) is 0 Å². The first-order chi connectivity index (χ1) is 8.67. The quantitative estimate of drug-likeness (QED) is 0.795. The number of pyridine rings is 1. The molecule has 0 bridgehead atoms. The Kier molecular flexibility index (Phi) is 3.11. The van der Waals surface area contributed by atoms with E-state index in [1.807, 2.05) is 6.07 Å². The van der Waals surface area contributed by atoms with E-state index in [0.717, 1.165) is 34.3 Å². The molecule has 3 N–H and O–H groups in total. The SMILES string of the molecule is NC1(c2nc3ncc(Br)cc3[nH]2)CCCCCC1. The number of H-pyrrole nitrogens is 1. The number of imidazole rings is 1. The van der Waals surface area contributed by atoms with Crippen molar-refractivity contribution < 1.29 is 0 Å². The molecule has 0 spiro atoms. The molecular formula is C13H17BrN4. The van der Waals surface area contributed by atoms with Gasteiger partial charge in [0.05, 0.1) is 11.1 Å². The van der Waals surface area contributed by atoms with E-state index in [4.69, 9.17) is 5.73 Å². The molecule has 96 valence electrons. The van der Waals surface area contributed by atoms with Crippen molar-refractivity contribution in [2.45, 2.75) is 44.1 Å². The van der Waals surface area contributed by atoms with Gasteiger partial charge in [-0.15, -0.1) is 0 Å². The Morgan fingerprint density at radius 3 is 2.67 bits per heavy atom. The molecule has 0 aliphatic heterocycles. The van der Waals surface area contributed by atoms with Crippen molar-refractivity contribution in [3.8, 4) is 0 Å². The summed E-state index contributed by atoms with van der Waals surface area (Å²) in [5, 5.41) is 0. The number of fused-ring (bicyclic) bond motifs is 1. The van der Waals surface area contributed by atoms with Crippen LogP contribution in [0.1, 0.15) is 44.3 Å². The average Bonchev–Trinajstić information content (AvgIpc) is 2.65. The highest BCUT2D eigenvalue weighted by Crippen LogP contribution is 2.33. The predicted octanol–water partition coefficient (Wildman–Crippen LogP) is 3.23. The van der Waals surface area contributed by atoms with Gasteiger partial charge in [0, 0.05) is 10.7 Å². The highest BCUT2D eigenvalue weighted by molar-refractivity contribution is 9.10. The smallest absolute Gasteiger partial charge is 0.177 e. The number of aromatic nitrogens is 3. The van der Waals surface area contributed by atoms with Crippen molar-refractivity contribution in [1.29, 1.82) is 0 Å². The molecule has 1 saturated carbocycles. The molecule has 4 nitrogen and oxygen atoms in total. The van der Waals surface area contributed by atoms with Crippen LogP contribution in [0.3, 0.4) is 0 Å². The molecule has 5 heteroatoms. The van der Waals surface area contributed by atoms with Crippen LogP contribution < -0.4 is 5.73 Å². The van der Waals surface area contributed by atoms with E-state index in [2.05, 4.69) is 30.9 Å². The first kappa shape index (κ1) is 12.1. The third-order valence-corrected chi connectivity index (χ3v) is 4.21. The Morgan fingerprint density at radius 2 is 1.94 bits per heavy atom. The molecule has 2 heterocycles. The second kappa shape index (κ2) is 4.63. The van der Waals surface area contributed by atoms with Gasteiger partial charge >= 0.3 is 0 Å². The fraction of sp³-hybridized carbons (Fsp3) is 0.538. The van der Waals surface area contributed by atoms with Crippen LogP contribution in [-0.2, 0) is 5.54 Å². The molecule has 1 aliphatic rings. The fourth-order valence-electron chi connectivity index (χ4n) is 2.71. The van der Waals surface area contributed by atoms with Crippen LogP contribution in [0.5, 0.6) is 0 Å². The zero-order valence-electron chi connectivity index (χ0n) is 10.2. The summed E-state index contributed by atoms with van der Waals surface area (Å²) in [6, 6.07) is 2.00. The van der Waals surface area contributed by atoms with Crippen molar-refractivity contribution in [2.24, 2.45) is 5.73 Å². The Balaban J connectivity index is 2.02. The number of nitrogens with one attached hydrogen (secondary N) is 1. The van der Waals surface area contributed by atoms with Crippen molar-refractivity contribution >= 4 is 27.1 Å². The van der Waals surface area contributed by atoms with Gasteiger partial charge in [0.1, 0.15) is 5.82 Å². The Labute approximate surface area is 115 Å². The third-order valence-electron chi connectivity index (χ3n) is 3.77. The van der Waals surface area contributed by atoms with Crippen molar-refractivity contribution in [1.82, 2.24) is 15.0 Å². The molecule has 0 aromatic carbocycles. The Bertz CT molecular complexity index is 555. The van der Waals surface area contributed by atoms with Gasteiger partial charge in [0.15, 0.2) is 5.65 Å². The summed E-state index contributed by atoms with van der Waals surface area (Å²) in [4.78, 5) is 12.2. The highest BCUT2D eigenvalue weighted by Gasteiger charge is 2.31. The largest absolute Gasteiger partial charge is 0.339 e. The summed E-state index contributed by atoms with van der Waals surface area (Å²) in [6.07, 6.45) is 8.71. The summed E-state index contributed by atoms with van der Waals surface area (Å²) in [5.41, 5.74) is 7.95. The van der Waals surface area contributed by atoms with Gasteiger partial charge in [-0.05, 0) is 34.8 Å². The van der Waals surface area contributed by atoms with E-state index in [-0.39, 0.29) is 5.54 Å².